The molecule has 1 aromatic heterocycles. The second-order valence-corrected chi connectivity index (χ2v) is 5.75. The van der Waals surface area contributed by atoms with E-state index < -0.39 is 11.6 Å². The number of hydrogen-bond donors (Lipinski definition) is 1. The van der Waals surface area contributed by atoms with E-state index in [4.69, 9.17) is 0 Å². The molecule has 2 aromatic carbocycles. The SMILES string of the molecule is Cc1cc(C=NNc2nc(-c3ccccc3)cs2)c(F)cc1F. The predicted octanol–water partition coefficient (Wildman–Crippen LogP) is 4.84. The topological polar surface area (TPSA) is 37.3 Å². The van der Waals surface area contributed by atoms with Crippen LogP contribution >= 0.6 is 11.3 Å². The van der Waals surface area contributed by atoms with Gasteiger partial charge in [0.05, 0.1) is 11.9 Å². The molecule has 3 aromatic rings. The molecule has 0 aliphatic heterocycles. The Labute approximate surface area is 136 Å². The van der Waals surface area contributed by atoms with E-state index in [1.54, 1.807) is 6.92 Å². The number of halogens is 2. The van der Waals surface area contributed by atoms with E-state index in [-0.39, 0.29) is 5.56 Å². The minimum absolute atomic E-state index is 0.219. The van der Waals surface area contributed by atoms with Gasteiger partial charge in [-0.2, -0.15) is 5.10 Å². The summed E-state index contributed by atoms with van der Waals surface area (Å²) in [5.74, 6) is -1.22. The van der Waals surface area contributed by atoms with Gasteiger partial charge in [-0.05, 0) is 18.6 Å². The lowest BCUT2D eigenvalue weighted by Crippen LogP contribution is -1.96. The van der Waals surface area contributed by atoms with E-state index in [2.05, 4.69) is 15.5 Å². The highest BCUT2D eigenvalue weighted by molar-refractivity contribution is 7.14. The van der Waals surface area contributed by atoms with Crippen molar-refractivity contribution in [3.63, 3.8) is 0 Å². The smallest absolute Gasteiger partial charge is 0.203 e. The third kappa shape index (κ3) is 3.60. The van der Waals surface area contributed by atoms with E-state index in [0.717, 1.165) is 17.3 Å². The quantitative estimate of drug-likeness (QED) is 0.549. The summed E-state index contributed by atoms with van der Waals surface area (Å²) in [4.78, 5) is 4.41. The molecule has 0 atom stereocenters. The molecule has 0 saturated heterocycles. The van der Waals surface area contributed by atoms with Crippen LogP contribution < -0.4 is 5.43 Å². The lowest BCUT2D eigenvalue weighted by Gasteiger charge is -2.00. The van der Waals surface area contributed by atoms with Crippen molar-refractivity contribution in [1.29, 1.82) is 0 Å². The Morgan fingerprint density at radius 2 is 1.91 bits per heavy atom. The van der Waals surface area contributed by atoms with Gasteiger partial charge in [-0.3, -0.25) is 5.43 Å². The lowest BCUT2D eigenvalue weighted by atomic mass is 10.1. The Morgan fingerprint density at radius 1 is 1.13 bits per heavy atom. The van der Waals surface area contributed by atoms with Gasteiger partial charge in [0.1, 0.15) is 11.6 Å². The molecule has 0 saturated carbocycles. The van der Waals surface area contributed by atoms with E-state index in [1.165, 1.54) is 23.6 Å². The summed E-state index contributed by atoms with van der Waals surface area (Å²) in [6.07, 6.45) is 1.31. The van der Waals surface area contributed by atoms with E-state index in [1.807, 2.05) is 35.7 Å². The number of hydrogen-bond acceptors (Lipinski definition) is 4. The van der Waals surface area contributed by atoms with Gasteiger partial charge >= 0.3 is 0 Å². The minimum atomic E-state index is -0.650. The molecule has 6 heteroatoms. The van der Waals surface area contributed by atoms with E-state index >= 15 is 0 Å². The van der Waals surface area contributed by atoms with Crippen LogP contribution in [0.25, 0.3) is 11.3 Å². The third-order valence-electron chi connectivity index (χ3n) is 3.22. The van der Waals surface area contributed by atoms with Gasteiger partial charge in [0, 0.05) is 22.6 Å². The average Bonchev–Trinajstić information content (AvgIpc) is 3.02. The molecule has 0 bridgehead atoms. The molecular formula is C17H13F2N3S. The molecule has 1 heterocycles. The molecule has 116 valence electrons. The van der Waals surface area contributed by atoms with Crippen LogP contribution in [0, 0.1) is 18.6 Å². The van der Waals surface area contributed by atoms with Crippen molar-refractivity contribution >= 4 is 22.7 Å². The second-order valence-electron chi connectivity index (χ2n) is 4.90. The van der Waals surface area contributed by atoms with Crippen molar-refractivity contribution in [2.24, 2.45) is 5.10 Å². The largest absolute Gasteiger partial charge is 0.253 e. The molecule has 3 rings (SSSR count). The van der Waals surface area contributed by atoms with E-state index in [9.17, 15) is 8.78 Å². The van der Waals surface area contributed by atoms with Crippen LogP contribution in [0.1, 0.15) is 11.1 Å². The van der Waals surface area contributed by atoms with Gasteiger partial charge in [0.15, 0.2) is 0 Å². The zero-order valence-electron chi connectivity index (χ0n) is 12.3. The van der Waals surface area contributed by atoms with Crippen molar-refractivity contribution in [3.05, 3.63) is 70.6 Å². The summed E-state index contributed by atoms with van der Waals surface area (Å²) in [5, 5.41) is 6.47. The highest BCUT2D eigenvalue weighted by atomic mass is 32.1. The summed E-state index contributed by atoms with van der Waals surface area (Å²) in [6.45, 7) is 1.58. The second kappa shape index (κ2) is 6.66. The number of aromatic nitrogens is 1. The Bertz CT molecular complexity index is 844. The Balaban J connectivity index is 1.72. The summed E-state index contributed by atoms with van der Waals surface area (Å²) in [6, 6.07) is 12.0. The monoisotopic (exact) mass is 329 g/mol. The average molecular weight is 329 g/mol. The molecule has 0 aliphatic carbocycles. The maximum Gasteiger partial charge on any atom is 0.203 e. The van der Waals surface area contributed by atoms with Gasteiger partial charge in [-0.25, -0.2) is 13.8 Å². The number of rotatable bonds is 4. The first-order chi connectivity index (χ1) is 11.1. The summed E-state index contributed by atoms with van der Waals surface area (Å²) >= 11 is 1.40. The number of anilines is 1. The molecular weight excluding hydrogens is 316 g/mol. The van der Waals surface area contributed by atoms with Crippen molar-refractivity contribution in [3.8, 4) is 11.3 Å². The lowest BCUT2D eigenvalue weighted by molar-refractivity contribution is 0.576. The molecule has 3 nitrogen and oxygen atoms in total. The maximum atomic E-state index is 13.6. The molecule has 23 heavy (non-hydrogen) atoms. The summed E-state index contributed by atoms with van der Waals surface area (Å²) in [7, 11) is 0. The van der Waals surface area contributed by atoms with Crippen LogP contribution in [0.3, 0.4) is 0 Å². The standard InChI is InChI=1S/C17H13F2N3S/c1-11-7-13(15(19)8-14(11)18)9-20-22-17-21-16(10-23-17)12-5-3-2-4-6-12/h2-10H,1H3,(H,21,22). The molecule has 1 N–H and O–H groups in total. The molecule has 0 unspecified atom stereocenters. The van der Waals surface area contributed by atoms with Gasteiger partial charge < -0.3 is 0 Å². The first-order valence-electron chi connectivity index (χ1n) is 6.89. The zero-order chi connectivity index (χ0) is 16.2. The Hall–Kier alpha value is -2.60. The fourth-order valence-corrected chi connectivity index (χ4v) is 2.67. The van der Waals surface area contributed by atoms with Gasteiger partial charge in [-0.1, -0.05) is 30.3 Å². The van der Waals surface area contributed by atoms with Gasteiger partial charge in [0.25, 0.3) is 0 Å². The molecule has 0 aliphatic rings. The highest BCUT2D eigenvalue weighted by Crippen LogP contribution is 2.24. The number of benzene rings is 2. The number of nitrogens with one attached hydrogen (secondary N) is 1. The Kier molecular flexibility index (Phi) is 4.43. The summed E-state index contributed by atoms with van der Waals surface area (Å²) in [5.41, 5.74) is 5.21. The molecule has 0 amide bonds. The van der Waals surface area contributed by atoms with Crippen LogP contribution in [0.4, 0.5) is 13.9 Å². The fraction of sp³-hybridized carbons (Fsp3) is 0.0588. The predicted molar refractivity (Wildman–Crippen MR) is 89.9 cm³/mol. The first-order valence-corrected chi connectivity index (χ1v) is 7.77. The minimum Gasteiger partial charge on any atom is -0.253 e. The Morgan fingerprint density at radius 3 is 2.70 bits per heavy atom. The fourth-order valence-electron chi connectivity index (χ4n) is 2.00. The van der Waals surface area contributed by atoms with Crippen LogP contribution in [0.2, 0.25) is 0 Å². The maximum absolute atomic E-state index is 13.6. The number of hydrazone groups is 1. The molecule has 0 radical (unpaired) electrons. The van der Waals surface area contributed by atoms with Crippen molar-refractivity contribution < 1.29 is 8.78 Å². The zero-order valence-corrected chi connectivity index (χ0v) is 13.1. The van der Waals surface area contributed by atoms with Crippen LogP contribution in [0.15, 0.2) is 52.9 Å². The first kappa shape index (κ1) is 15.3. The van der Waals surface area contributed by atoms with Crippen molar-refractivity contribution in [2.75, 3.05) is 5.43 Å². The number of nitrogens with zero attached hydrogens (tertiary/aromatic N) is 2. The number of thiazole rings is 1. The van der Waals surface area contributed by atoms with Crippen molar-refractivity contribution in [2.45, 2.75) is 6.92 Å². The molecule has 0 spiro atoms. The van der Waals surface area contributed by atoms with E-state index in [0.29, 0.717) is 10.7 Å². The third-order valence-corrected chi connectivity index (χ3v) is 3.96. The van der Waals surface area contributed by atoms with Crippen LogP contribution in [-0.2, 0) is 0 Å². The highest BCUT2D eigenvalue weighted by Gasteiger charge is 2.06. The van der Waals surface area contributed by atoms with Crippen LogP contribution in [0.5, 0.6) is 0 Å². The summed E-state index contributed by atoms with van der Waals surface area (Å²) < 4.78 is 26.8. The number of aryl methyl sites for hydroxylation is 1. The van der Waals surface area contributed by atoms with Gasteiger partial charge in [0.2, 0.25) is 5.13 Å². The van der Waals surface area contributed by atoms with Crippen LogP contribution in [-0.4, -0.2) is 11.2 Å². The molecule has 0 fully saturated rings. The normalized spacial score (nSPS) is 11.1. The van der Waals surface area contributed by atoms with Gasteiger partial charge in [-0.15, -0.1) is 11.3 Å². The van der Waals surface area contributed by atoms with Crippen molar-refractivity contribution in [1.82, 2.24) is 4.98 Å².